The zero-order valence-corrected chi connectivity index (χ0v) is 11.5. The van der Waals surface area contributed by atoms with Crippen LogP contribution in [0, 0.1) is 12.3 Å². The van der Waals surface area contributed by atoms with Crippen LogP contribution in [0.1, 0.15) is 5.56 Å². The summed E-state index contributed by atoms with van der Waals surface area (Å²) in [6, 6.07) is 8.05. The third kappa shape index (κ3) is 3.40. The van der Waals surface area contributed by atoms with E-state index in [4.69, 9.17) is 9.47 Å². The number of benzene rings is 1. The number of ether oxygens (including phenoxy) is 2. The highest BCUT2D eigenvalue weighted by Gasteiger charge is 2.37. The standard InChI is InChI=1S/C14H20O3S/c1-12-4-2-3-5-13(12)17-6-7-18-11-14(8-15)9-16-10-14/h2-5,15H,6-11H2,1H3. The molecule has 0 aromatic heterocycles. The van der Waals surface area contributed by atoms with Crippen molar-refractivity contribution in [3.8, 4) is 5.75 Å². The second-order valence-corrected chi connectivity index (χ2v) is 5.92. The average molecular weight is 268 g/mol. The van der Waals surface area contributed by atoms with E-state index in [-0.39, 0.29) is 12.0 Å². The van der Waals surface area contributed by atoms with Gasteiger partial charge in [-0.2, -0.15) is 11.8 Å². The molecule has 1 aliphatic heterocycles. The molecule has 1 aromatic rings. The van der Waals surface area contributed by atoms with Crippen molar-refractivity contribution in [3.63, 3.8) is 0 Å². The van der Waals surface area contributed by atoms with E-state index in [1.54, 1.807) is 0 Å². The fourth-order valence-corrected chi connectivity index (χ4v) is 2.87. The Morgan fingerprint density at radius 3 is 2.78 bits per heavy atom. The van der Waals surface area contributed by atoms with Crippen molar-refractivity contribution in [2.24, 2.45) is 5.41 Å². The van der Waals surface area contributed by atoms with E-state index < -0.39 is 0 Å². The minimum atomic E-state index is 0.00727. The van der Waals surface area contributed by atoms with Crippen LogP contribution in [-0.2, 0) is 4.74 Å². The predicted octanol–water partition coefficient (Wildman–Crippen LogP) is 2.12. The first-order valence-corrected chi connectivity index (χ1v) is 7.36. The first kappa shape index (κ1) is 13.7. The number of para-hydroxylation sites is 1. The second-order valence-electron chi connectivity index (χ2n) is 4.82. The van der Waals surface area contributed by atoms with Gasteiger partial charge in [0, 0.05) is 16.9 Å². The molecule has 1 aliphatic rings. The van der Waals surface area contributed by atoms with Crippen molar-refractivity contribution in [2.45, 2.75) is 6.92 Å². The van der Waals surface area contributed by atoms with Crippen LogP contribution < -0.4 is 4.74 Å². The molecule has 0 saturated carbocycles. The SMILES string of the molecule is Cc1ccccc1OCCSCC1(CO)COC1. The molecule has 0 spiro atoms. The van der Waals surface area contributed by atoms with Crippen molar-refractivity contribution in [1.82, 2.24) is 0 Å². The Balaban J connectivity index is 1.63. The molecular weight excluding hydrogens is 248 g/mol. The lowest BCUT2D eigenvalue weighted by molar-refractivity contribution is -0.121. The highest BCUT2D eigenvalue weighted by atomic mass is 32.2. The Labute approximate surface area is 112 Å². The number of thioether (sulfide) groups is 1. The predicted molar refractivity (Wildman–Crippen MR) is 74.3 cm³/mol. The monoisotopic (exact) mass is 268 g/mol. The maximum Gasteiger partial charge on any atom is 0.122 e. The number of rotatable bonds is 7. The Morgan fingerprint density at radius 1 is 1.39 bits per heavy atom. The molecule has 0 aliphatic carbocycles. The van der Waals surface area contributed by atoms with E-state index in [9.17, 15) is 5.11 Å². The number of aryl methyl sites for hydroxylation is 1. The Kier molecular flexibility index (Phi) is 4.92. The van der Waals surface area contributed by atoms with Crippen LogP contribution in [0.3, 0.4) is 0 Å². The normalized spacial score (nSPS) is 17.2. The molecule has 1 saturated heterocycles. The molecule has 0 bridgehead atoms. The number of aliphatic hydroxyl groups is 1. The highest BCUT2D eigenvalue weighted by Crippen LogP contribution is 2.30. The molecule has 18 heavy (non-hydrogen) atoms. The van der Waals surface area contributed by atoms with Crippen LogP contribution in [-0.4, -0.2) is 43.0 Å². The number of aliphatic hydroxyl groups excluding tert-OH is 1. The molecule has 1 N–H and O–H groups in total. The van der Waals surface area contributed by atoms with Crippen LogP contribution in [0.4, 0.5) is 0 Å². The third-order valence-electron chi connectivity index (χ3n) is 3.14. The molecule has 1 fully saturated rings. The number of hydrogen-bond acceptors (Lipinski definition) is 4. The van der Waals surface area contributed by atoms with Crippen molar-refractivity contribution < 1.29 is 14.6 Å². The molecule has 100 valence electrons. The summed E-state index contributed by atoms with van der Waals surface area (Å²) in [4.78, 5) is 0. The Morgan fingerprint density at radius 2 is 2.17 bits per heavy atom. The van der Waals surface area contributed by atoms with Gasteiger partial charge in [-0.05, 0) is 18.6 Å². The van der Waals surface area contributed by atoms with E-state index in [1.165, 1.54) is 5.56 Å². The van der Waals surface area contributed by atoms with Crippen LogP contribution in [0.15, 0.2) is 24.3 Å². The maximum atomic E-state index is 9.28. The van der Waals surface area contributed by atoms with E-state index in [0.717, 1.165) is 17.3 Å². The summed E-state index contributed by atoms with van der Waals surface area (Å²) in [5.74, 6) is 2.85. The van der Waals surface area contributed by atoms with Gasteiger partial charge in [0.25, 0.3) is 0 Å². The summed E-state index contributed by atoms with van der Waals surface area (Å²) in [5, 5.41) is 9.28. The Bertz CT molecular complexity index is 372. The topological polar surface area (TPSA) is 38.7 Å². The molecular formula is C14H20O3S. The van der Waals surface area contributed by atoms with Gasteiger partial charge in [-0.1, -0.05) is 18.2 Å². The first-order chi connectivity index (χ1) is 8.76. The van der Waals surface area contributed by atoms with E-state index in [2.05, 4.69) is 13.0 Å². The summed E-state index contributed by atoms with van der Waals surface area (Å²) in [6.45, 7) is 4.36. The number of hydrogen-bond donors (Lipinski definition) is 1. The van der Waals surface area contributed by atoms with Crippen molar-refractivity contribution in [3.05, 3.63) is 29.8 Å². The highest BCUT2D eigenvalue weighted by molar-refractivity contribution is 7.99. The lowest BCUT2D eigenvalue weighted by Crippen LogP contribution is -2.47. The summed E-state index contributed by atoms with van der Waals surface area (Å²) < 4.78 is 10.9. The summed E-state index contributed by atoms with van der Waals surface area (Å²) in [6.07, 6.45) is 0. The fourth-order valence-electron chi connectivity index (χ4n) is 1.83. The lowest BCUT2D eigenvalue weighted by Gasteiger charge is -2.39. The molecule has 0 unspecified atom stereocenters. The minimum absolute atomic E-state index is 0.00727. The lowest BCUT2D eigenvalue weighted by atomic mass is 9.90. The molecule has 1 heterocycles. The van der Waals surface area contributed by atoms with Gasteiger partial charge in [-0.15, -0.1) is 0 Å². The van der Waals surface area contributed by atoms with Crippen molar-refractivity contribution >= 4 is 11.8 Å². The third-order valence-corrected chi connectivity index (χ3v) is 4.41. The largest absolute Gasteiger partial charge is 0.492 e. The molecule has 0 radical (unpaired) electrons. The molecule has 2 rings (SSSR count). The second kappa shape index (κ2) is 6.45. The van der Waals surface area contributed by atoms with Crippen LogP contribution in [0.5, 0.6) is 5.75 Å². The van der Waals surface area contributed by atoms with Crippen LogP contribution in [0.25, 0.3) is 0 Å². The van der Waals surface area contributed by atoms with Gasteiger partial charge in [0.1, 0.15) is 5.75 Å². The molecule has 4 heteroatoms. The van der Waals surface area contributed by atoms with Crippen LogP contribution >= 0.6 is 11.8 Å². The van der Waals surface area contributed by atoms with E-state index in [0.29, 0.717) is 19.8 Å². The van der Waals surface area contributed by atoms with Gasteiger partial charge in [-0.3, -0.25) is 0 Å². The summed E-state index contributed by atoms with van der Waals surface area (Å²) in [5.41, 5.74) is 1.18. The smallest absolute Gasteiger partial charge is 0.122 e. The fraction of sp³-hybridized carbons (Fsp3) is 0.571. The molecule has 3 nitrogen and oxygen atoms in total. The Hall–Kier alpha value is -0.710. The quantitative estimate of drug-likeness (QED) is 0.769. The van der Waals surface area contributed by atoms with Gasteiger partial charge < -0.3 is 14.6 Å². The van der Waals surface area contributed by atoms with Gasteiger partial charge in [0.15, 0.2) is 0 Å². The molecule has 1 aromatic carbocycles. The first-order valence-electron chi connectivity index (χ1n) is 6.21. The molecule has 0 atom stereocenters. The van der Waals surface area contributed by atoms with Gasteiger partial charge >= 0.3 is 0 Å². The van der Waals surface area contributed by atoms with Gasteiger partial charge in [0.05, 0.1) is 26.4 Å². The summed E-state index contributed by atoms with van der Waals surface area (Å²) >= 11 is 1.82. The zero-order valence-electron chi connectivity index (χ0n) is 10.7. The molecule has 0 amide bonds. The van der Waals surface area contributed by atoms with Gasteiger partial charge in [-0.25, -0.2) is 0 Å². The van der Waals surface area contributed by atoms with E-state index >= 15 is 0 Å². The van der Waals surface area contributed by atoms with Crippen molar-refractivity contribution in [2.75, 3.05) is 37.9 Å². The van der Waals surface area contributed by atoms with Crippen molar-refractivity contribution in [1.29, 1.82) is 0 Å². The van der Waals surface area contributed by atoms with Crippen LogP contribution in [0.2, 0.25) is 0 Å². The van der Waals surface area contributed by atoms with E-state index in [1.807, 2.05) is 30.0 Å². The van der Waals surface area contributed by atoms with Gasteiger partial charge in [0.2, 0.25) is 0 Å². The maximum absolute atomic E-state index is 9.28. The summed E-state index contributed by atoms with van der Waals surface area (Å²) in [7, 11) is 0. The zero-order chi connectivity index (χ0) is 12.8. The average Bonchev–Trinajstić information content (AvgIpc) is 2.34. The minimum Gasteiger partial charge on any atom is -0.492 e.